The highest BCUT2D eigenvalue weighted by atomic mass is 35.5. The van der Waals surface area contributed by atoms with Crippen LogP contribution in [0, 0.1) is 5.82 Å². The van der Waals surface area contributed by atoms with E-state index in [1.54, 1.807) is 28.8 Å². The molecule has 0 amide bonds. The molecule has 96 valence electrons. The van der Waals surface area contributed by atoms with Gasteiger partial charge in [-0.1, -0.05) is 23.2 Å². The largest absolute Gasteiger partial charge is 0.383 e. The van der Waals surface area contributed by atoms with Crippen LogP contribution in [-0.2, 0) is 0 Å². The van der Waals surface area contributed by atoms with Crippen LogP contribution in [0.4, 0.5) is 10.2 Å². The summed E-state index contributed by atoms with van der Waals surface area (Å²) in [6.07, 6.45) is 1.76. The van der Waals surface area contributed by atoms with Gasteiger partial charge in [0.2, 0.25) is 0 Å². The summed E-state index contributed by atoms with van der Waals surface area (Å²) in [5.74, 6) is -0.0500. The first-order valence-corrected chi connectivity index (χ1v) is 6.21. The molecule has 0 aliphatic rings. The normalized spacial score (nSPS) is 11.1. The van der Waals surface area contributed by atoms with Crippen LogP contribution in [0.25, 0.3) is 16.9 Å². The number of benzene rings is 1. The van der Waals surface area contributed by atoms with E-state index in [1.807, 2.05) is 0 Å². The lowest BCUT2D eigenvalue weighted by Crippen LogP contribution is -1.94. The third-order valence-corrected chi connectivity index (χ3v) is 3.42. The highest BCUT2D eigenvalue weighted by Gasteiger charge is 2.14. The second kappa shape index (κ2) is 4.40. The van der Waals surface area contributed by atoms with Gasteiger partial charge in [-0.3, -0.25) is 4.40 Å². The summed E-state index contributed by atoms with van der Waals surface area (Å²) in [7, 11) is 0. The fourth-order valence-corrected chi connectivity index (χ4v) is 2.30. The average Bonchev–Trinajstić information content (AvgIpc) is 2.72. The van der Waals surface area contributed by atoms with Gasteiger partial charge in [-0.2, -0.15) is 0 Å². The molecule has 3 rings (SSSR count). The quantitative estimate of drug-likeness (QED) is 0.736. The zero-order valence-electron chi connectivity index (χ0n) is 9.57. The van der Waals surface area contributed by atoms with Crippen molar-refractivity contribution in [3.05, 3.63) is 52.4 Å². The van der Waals surface area contributed by atoms with E-state index in [4.69, 9.17) is 28.9 Å². The molecule has 0 bridgehead atoms. The van der Waals surface area contributed by atoms with Gasteiger partial charge in [0.1, 0.15) is 17.3 Å². The molecule has 0 saturated heterocycles. The van der Waals surface area contributed by atoms with E-state index in [-0.39, 0.29) is 5.02 Å². The number of nitrogens with zero attached hydrogens (tertiary/aromatic N) is 2. The molecule has 0 radical (unpaired) electrons. The highest BCUT2D eigenvalue weighted by molar-refractivity contribution is 6.33. The second-order valence-corrected chi connectivity index (χ2v) is 4.84. The number of hydrogen-bond donors (Lipinski definition) is 1. The van der Waals surface area contributed by atoms with Crippen molar-refractivity contribution in [3.8, 4) is 11.3 Å². The molecule has 2 heterocycles. The number of hydrogen-bond acceptors (Lipinski definition) is 2. The first kappa shape index (κ1) is 12.3. The lowest BCUT2D eigenvalue weighted by Gasteiger charge is -2.01. The van der Waals surface area contributed by atoms with Gasteiger partial charge in [0, 0.05) is 11.8 Å². The molecule has 2 aromatic heterocycles. The van der Waals surface area contributed by atoms with Crippen molar-refractivity contribution in [1.82, 2.24) is 9.38 Å². The SMILES string of the molecule is Nc1c(-c2ccc(F)c(Cl)c2)nc2c(Cl)cccn12. The van der Waals surface area contributed by atoms with E-state index in [0.717, 1.165) is 0 Å². The van der Waals surface area contributed by atoms with E-state index in [1.165, 1.54) is 12.1 Å². The summed E-state index contributed by atoms with van der Waals surface area (Å²) in [6.45, 7) is 0. The number of rotatable bonds is 1. The maximum absolute atomic E-state index is 13.2. The van der Waals surface area contributed by atoms with E-state index in [0.29, 0.717) is 27.7 Å². The smallest absolute Gasteiger partial charge is 0.157 e. The molecule has 3 aromatic rings. The monoisotopic (exact) mass is 295 g/mol. The number of nitrogens with two attached hydrogens (primary N) is 1. The minimum absolute atomic E-state index is 0.0278. The van der Waals surface area contributed by atoms with Crippen molar-refractivity contribution in [1.29, 1.82) is 0 Å². The Bertz CT molecular complexity index is 783. The van der Waals surface area contributed by atoms with Gasteiger partial charge in [-0.15, -0.1) is 0 Å². The Morgan fingerprint density at radius 3 is 2.63 bits per heavy atom. The van der Waals surface area contributed by atoms with Gasteiger partial charge in [-0.25, -0.2) is 9.37 Å². The zero-order valence-corrected chi connectivity index (χ0v) is 11.1. The zero-order chi connectivity index (χ0) is 13.6. The van der Waals surface area contributed by atoms with Crippen molar-refractivity contribution in [3.63, 3.8) is 0 Å². The third-order valence-electron chi connectivity index (χ3n) is 2.83. The van der Waals surface area contributed by atoms with Crippen LogP contribution < -0.4 is 5.73 Å². The first-order valence-electron chi connectivity index (χ1n) is 5.45. The predicted molar refractivity (Wildman–Crippen MR) is 75.0 cm³/mol. The van der Waals surface area contributed by atoms with Crippen LogP contribution in [0.1, 0.15) is 0 Å². The molecule has 0 atom stereocenters. The molecule has 0 saturated carbocycles. The van der Waals surface area contributed by atoms with Crippen molar-refractivity contribution in [2.45, 2.75) is 0 Å². The molecule has 0 fully saturated rings. The number of nitrogen functional groups attached to an aromatic ring is 1. The summed E-state index contributed by atoms with van der Waals surface area (Å²) >= 11 is 11.8. The molecular formula is C13H8Cl2FN3. The Labute approximate surface area is 118 Å². The Morgan fingerprint density at radius 1 is 1.16 bits per heavy atom. The lowest BCUT2D eigenvalue weighted by atomic mass is 10.1. The Balaban J connectivity index is 2.28. The van der Waals surface area contributed by atoms with Gasteiger partial charge >= 0.3 is 0 Å². The fourth-order valence-electron chi connectivity index (χ4n) is 1.91. The molecule has 0 spiro atoms. The molecule has 0 unspecified atom stereocenters. The Kier molecular flexibility index (Phi) is 2.84. The van der Waals surface area contributed by atoms with E-state index < -0.39 is 5.82 Å². The van der Waals surface area contributed by atoms with E-state index in [2.05, 4.69) is 4.98 Å². The number of pyridine rings is 1. The molecule has 0 aliphatic heterocycles. The number of anilines is 1. The number of halogens is 3. The summed E-state index contributed by atoms with van der Waals surface area (Å²) in [4.78, 5) is 4.38. The predicted octanol–water partition coefficient (Wildman–Crippen LogP) is 4.03. The number of imidazole rings is 1. The van der Waals surface area contributed by atoms with Crippen molar-refractivity contribution >= 4 is 34.7 Å². The summed E-state index contributed by atoms with van der Waals surface area (Å²) in [5, 5.41) is 0.522. The highest BCUT2D eigenvalue weighted by Crippen LogP contribution is 2.31. The molecular weight excluding hydrogens is 288 g/mol. The van der Waals surface area contributed by atoms with Crippen molar-refractivity contribution in [2.75, 3.05) is 5.73 Å². The van der Waals surface area contributed by atoms with Crippen LogP contribution in [-0.4, -0.2) is 9.38 Å². The van der Waals surface area contributed by atoms with Gasteiger partial charge in [0.25, 0.3) is 0 Å². The lowest BCUT2D eigenvalue weighted by molar-refractivity contribution is 0.628. The van der Waals surface area contributed by atoms with Crippen LogP contribution in [0.2, 0.25) is 10.0 Å². The molecule has 3 nitrogen and oxygen atoms in total. The van der Waals surface area contributed by atoms with Crippen LogP contribution in [0.5, 0.6) is 0 Å². The fraction of sp³-hybridized carbons (Fsp3) is 0. The Hall–Kier alpha value is -1.78. The summed E-state index contributed by atoms with van der Waals surface area (Å²) in [5.41, 5.74) is 7.75. The topological polar surface area (TPSA) is 43.3 Å². The van der Waals surface area contributed by atoms with E-state index >= 15 is 0 Å². The van der Waals surface area contributed by atoms with Gasteiger partial charge in [-0.05, 0) is 30.3 Å². The van der Waals surface area contributed by atoms with Gasteiger partial charge in [0.15, 0.2) is 5.65 Å². The van der Waals surface area contributed by atoms with Crippen LogP contribution in [0.3, 0.4) is 0 Å². The average molecular weight is 296 g/mol. The van der Waals surface area contributed by atoms with Gasteiger partial charge in [0.05, 0.1) is 10.0 Å². The minimum atomic E-state index is -0.481. The standard InChI is InChI=1S/C13H8Cl2FN3/c14-8-2-1-5-19-12(17)11(18-13(8)19)7-3-4-10(16)9(15)6-7/h1-6H,17H2. The van der Waals surface area contributed by atoms with Crippen molar-refractivity contribution < 1.29 is 4.39 Å². The Morgan fingerprint density at radius 2 is 1.95 bits per heavy atom. The maximum atomic E-state index is 13.2. The molecule has 19 heavy (non-hydrogen) atoms. The van der Waals surface area contributed by atoms with E-state index in [9.17, 15) is 4.39 Å². The second-order valence-electron chi connectivity index (χ2n) is 4.02. The number of aromatic nitrogens is 2. The third kappa shape index (κ3) is 1.93. The number of fused-ring (bicyclic) bond motifs is 1. The maximum Gasteiger partial charge on any atom is 0.157 e. The minimum Gasteiger partial charge on any atom is -0.383 e. The molecule has 6 heteroatoms. The van der Waals surface area contributed by atoms with Gasteiger partial charge < -0.3 is 5.73 Å². The molecule has 1 aromatic carbocycles. The first-order chi connectivity index (χ1) is 9.08. The van der Waals surface area contributed by atoms with Crippen LogP contribution in [0.15, 0.2) is 36.5 Å². The summed E-state index contributed by atoms with van der Waals surface area (Å²) in [6, 6.07) is 7.85. The molecule has 2 N–H and O–H groups in total. The molecule has 0 aliphatic carbocycles. The van der Waals surface area contributed by atoms with Crippen LogP contribution >= 0.6 is 23.2 Å². The summed E-state index contributed by atoms with van der Waals surface area (Å²) < 4.78 is 14.8. The van der Waals surface area contributed by atoms with Crippen molar-refractivity contribution in [2.24, 2.45) is 0 Å².